The smallest absolute Gasteiger partial charge is 0.252 e. The lowest BCUT2D eigenvalue weighted by Gasteiger charge is -2.20. The molecular weight excluding hydrogens is 374 g/mol. The second kappa shape index (κ2) is 8.84. The fourth-order valence-electron chi connectivity index (χ4n) is 3.00. The molecule has 3 aromatic rings. The summed E-state index contributed by atoms with van der Waals surface area (Å²) in [5.74, 6) is 1.67. The van der Waals surface area contributed by atoms with Crippen LogP contribution >= 0.6 is 0 Å². The summed E-state index contributed by atoms with van der Waals surface area (Å²) in [5.41, 5.74) is 2.29. The van der Waals surface area contributed by atoms with E-state index in [4.69, 9.17) is 4.74 Å². The summed E-state index contributed by atoms with van der Waals surface area (Å²) in [4.78, 5) is 17.4. The average Bonchev–Trinajstić information content (AvgIpc) is 3.11. The van der Waals surface area contributed by atoms with Crippen LogP contribution in [0.1, 0.15) is 33.4 Å². The number of benzene rings is 2. The van der Waals surface area contributed by atoms with E-state index in [1.807, 2.05) is 48.1 Å². The molecule has 0 aliphatic heterocycles. The summed E-state index contributed by atoms with van der Waals surface area (Å²) >= 11 is 0. The Balaban J connectivity index is 1.90. The number of carbonyl (C=O) groups excluding carboxylic acids is 1. The van der Waals surface area contributed by atoms with Gasteiger partial charge < -0.3 is 14.6 Å². The molecule has 2 aromatic carbocycles. The Kier molecular flexibility index (Phi) is 6.26. The van der Waals surface area contributed by atoms with E-state index in [2.05, 4.69) is 10.3 Å². The van der Waals surface area contributed by atoms with E-state index < -0.39 is 16.8 Å². The first kappa shape index (κ1) is 19.8. The van der Waals surface area contributed by atoms with Crippen LogP contribution in [0.5, 0.6) is 5.75 Å². The molecule has 0 radical (unpaired) electrons. The Bertz CT molecular complexity index is 983. The van der Waals surface area contributed by atoms with Gasteiger partial charge in [0.2, 0.25) is 0 Å². The van der Waals surface area contributed by atoms with Crippen LogP contribution in [0.2, 0.25) is 0 Å². The number of ether oxygens (including phenoxy) is 1. The van der Waals surface area contributed by atoms with Crippen LogP contribution in [-0.2, 0) is 23.6 Å². The van der Waals surface area contributed by atoms with E-state index in [-0.39, 0.29) is 5.91 Å². The summed E-state index contributed by atoms with van der Waals surface area (Å²) in [5, 5.41) is 3.07. The van der Waals surface area contributed by atoms with Crippen molar-refractivity contribution >= 4 is 16.7 Å². The maximum absolute atomic E-state index is 12.9. The van der Waals surface area contributed by atoms with Crippen molar-refractivity contribution in [3.63, 3.8) is 0 Å². The number of nitrogens with one attached hydrogen (secondary N) is 1. The van der Waals surface area contributed by atoms with E-state index in [1.165, 1.54) is 0 Å². The van der Waals surface area contributed by atoms with Crippen LogP contribution < -0.4 is 10.1 Å². The number of rotatable bonds is 7. The van der Waals surface area contributed by atoms with Crippen molar-refractivity contribution in [3.05, 3.63) is 83.4 Å². The zero-order valence-corrected chi connectivity index (χ0v) is 16.9. The first-order chi connectivity index (χ1) is 13.5. The van der Waals surface area contributed by atoms with Gasteiger partial charge in [0.15, 0.2) is 0 Å². The fourth-order valence-corrected chi connectivity index (χ4v) is 3.65. The molecule has 3 rings (SSSR count). The molecular formula is C21H23N3O3S. The Labute approximate surface area is 167 Å². The van der Waals surface area contributed by atoms with Crippen molar-refractivity contribution in [3.8, 4) is 5.75 Å². The molecule has 0 aliphatic rings. The van der Waals surface area contributed by atoms with Gasteiger partial charge >= 0.3 is 0 Å². The van der Waals surface area contributed by atoms with Crippen LogP contribution in [0.4, 0.5) is 0 Å². The number of aryl methyl sites for hydroxylation is 1. The molecule has 1 heterocycles. The Morgan fingerprint density at radius 2 is 2.00 bits per heavy atom. The molecule has 0 bridgehead atoms. The van der Waals surface area contributed by atoms with Gasteiger partial charge in [0.25, 0.3) is 5.91 Å². The van der Waals surface area contributed by atoms with Crippen LogP contribution in [0, 0.1) is 0 Å². The van der Waals surface area contributed by atoms with Gasteiger partial charge in [-0.3, -0.25) is 9.00 Å². The number of hydrogen-bond donors (Lipinski definition) is 1. The topological polar surface area (TPSA) is 73.2 Å². The highest BCUT2D eigenvalue weighted by Gasteiger charge is 2.21. The van der Waals surface area contributed by atoms with Crippen molar-refractivity contribution < 1.29 is 13.7 Å². The van der Waals surface area contributed by atoms with Crippen LogP contribution in [0.3, 0.4) is 0 Å². The molecule has 1 amide bonds. The van der Waals surface area contributed by atoms with Crippen molar-refractivity contribution in [2.24, 2.45) is 7.05 Å². The minimum atomic E-state index is -0.966. The molecule has 1 N–H and O–H groups in total. The molecule has 28 heavy (non-hydrogen) atoms. The Hall–Kier alpha value is -2.93. The summed E-state index contributed by atoms with van der Waals surface area (Å²) < 4.78 is 18.6. The number of amides is 1. The third-order valence-electron chi connectivity index (χ3n) is 4.40. The molecule has 0 saturated carbocycles. The molecule has 0 aliphatic carbocycles. The highest BCUT2D eigenvalue weighted by molar-refractivity contribution is 7.83. The van der Waals surface area contributed by atoms with Gasteiger partial charge in [-0.15, -0.1) is 0 Å². The molecule has 6 nitrogen and oxygen atoms in total. The lowest BCUT2D eigenvalue weighted by molar-refractivity contribution is 0.0941. The number of imidazole rings is 1. The predicted molar refractivity (Wildman–Crippen MR) is 110 cm³/mol. The average molecular weight is 398 g/mol. The third-order valence-corrected chi connectivity index (χ3v) is 5.14. The normalized spacial score (nSPS) is 13.0. The van der Waals surface area contributed by atoms with Gasteiger partial charge in [0.05, 0.1) is 7.11 Å². The summed E-state index contributed by atoms with van der Waals surface area (Å²) in [6.45, 7) is 0. The number of nitrogens with zero attached hydrogens (tertiary/aromatic N) is 2. The fraction of sp³-hybridized carbons (Fsp3) is 0.238. The zero-order chi connectivity index (χ0) is 20.1. The van der Waals surface area contributed by atoms with Gasteiger partial charge in [-0.2, -0.15) is 0 Å². The highest BCUT2D eigenvalue weighted by Crippen LogP contribution is 2.23. The maximum Gasteiger partial charge on any atom is 0.252 e. The van der Waals surface area contributed by atoms with Crippen molar-refractivity contribution in [2.75, 3.05) is 13.4 Å². The third kappa shape index (κ3) is 4.67. The minimum absolute atomic E-state index is 0.215. The zero-order valence-electron chi connectivity index (χ0n) is 16.1. The SMILES string of the molecule is COc1ccc(C(NC(=O)c2cccc(CS(C)=O)c2)c2nccn2C)cc1. The Morgan fingerprint density at radius 1 is 1.25 bits per heavy atom. The Morgan fingerprint density at radius 3 is 2.61 bits per heavy atom. The van der Waals surface area contributed by atoms with E-state index in [1.54, 1.807) is 37.8 Å². The molecule has 0 spiro atoms. The van der Waals surface area contributed by atoms with Crippen LogP contribution in [0.15, 0.2) is 60.9 Å². The van der Waals surface area contributed by atoms with E-state index in [0.29, 0.717) is 11.3 Å². The summed E-state index contributed by atoms with van der Waals surface area (Å²) in [6, 6.07) is 14.3. The van der Waals surface area contributed by atoms with E-state index >= 15 is 0 Å². The first-order valence-corrected chi connectivity index (χ1v) is 10.5. The standard InChI is InChI=1S/C21H23N3O3S/c1-24-12-11-22-20(24)19(16-7-9-18(27-2)10-8-16)23-21(25)17-6-4-5-15(13-17)14-28(3)26/h4-13,19H,14H2,1-3H3,(H,23,25). The number of methoxy groups -OCH3 is 1. The van der Waals surface area contributed by atoms with Gasteiger partial charge in [-0.25, -0.2) is 4.98 Å². The lowest BCUT2D eigenvalue weighted by Crippen LogP contribution is -2.31. The molecule has 146 valence electrons. The highest BCUT2D eigenvalue weighted by atomic mass is 32.2. The summed E-state index contributed by atoms with van der Waals surface area (Å²) in [7, 11) is 2.54. The van der Waals surface area contributed by atoms with Gasteiger partial charge in [-0.05, 0) is 35.4 Å². The first-order valence-electron chi connectivity index (χ1n) is 8.79. The molecule has 1 aromatic heterocycles. The number of carbonyl (C=O) groups is 1. The second-order valence-corrected chi connectivity index (χ2v) is 7.93. The molecule has 2 unspecified atom stereocenters. The van der Waals surface area contributed by atoms with E-state index in [0.717, 1.165) is 22.7 Å². The number of hydrogen-bond acceptors (Lipinski definition) is 4. The van der Waals surface area contributed by atoms with Crippen molar-refractivity contribution in [1.82, 2.24) is 14.9 Å². The van der Waals surface area contributed by atoms with Crippen molar-refractivity contribution in [2.45, 2.75) is 11.8 Å². The number of aromatic nitrogens is 2. The monoisotopic (exact) mass is 397 g/mol. The van der Waals surface area contributed by atoms with Gasteiger partial charge in [0.1, 0.15) is 17.6 Å². The summed E-state index contributed by atoms with van der Waals surface area (Å²) in [6.07, 6.45) is 5.19. The largest absolute Gasteiger partial charge is 0.497 e. The molecule has 2 atom stereocenters. The predicted octanol–water partition coefficient (Wildman–Crippen LogP) is 2.83. The van der Waals surface area contributed by atoms with Gasteiger partial charge in [-0.1, -0.05) is 24.3 Å². The maximum atomic E-state index is 12.9. The van der Waals surface area contributed by atoms with Gasteiger partial charge in [0, 0.05) is 47.8 Å². The van der Waals surface area contributed by atoms with Crippen molar-refractivity contribution in [1.29, 1.82) is 0 Å². The van der Waals surface area contributed by atoms with Crippen LogP contribution in [-0.4, -0.2) is 33.0 Å². The quantitative estimate of drug-likeness (QED) is 0.665. The second-order valence-electron chi connectivity index (χ2n) is 6.49. The molecule has 0 fully saturated rings. The van der Waals surface area contributed by atoms with Crippen LogP contribution in [0.25, 0.3) is 0 Å². The molecule has 0 saturated heterocycles. The van der Waals surface area contributed by atoms with E-state index in [9.17, 15) is 9.00 Å². The minimum Gasteiger partial charge on any atom is -0.497 e. The molecule has 7 heteroatoms. The lowest BCUT2D eigenvalue weighted by atomic mass is 10.0.